The van der Waals surface area contributed by atoms with Gasteiger partial charge in [0.2, 0.25) is 11.8 Å². The minimum Gasteiger partial charge on any atom is -0.457 e. The summed E-state index contributed by atoms with van der Waals surface area (Å²) in [6, 6.07) is 9.16. The molecule has 10 nitrogen and oxygen atoms in total. The zero-order valence-corrected chi connectivity index (χ0v) is 22.9. The number of aryl methyl sites for hydroxylation is 1. The maximum atomic E-state index is 13.1. The lowest BCUT2D eigenvalue weighted by Crippen LogP contribution is -2.61. The second-order valence-corrected chi connectivity index (χ2v) is 10.6. The van der Waals surface area contributed by atoms with Crippen molar-refractivity contribution in [2.24, 2.45) is 5.92 Å². The molecule has 0 spiro atoms. The number of hydrogen-bond donors (Lipinski definition) is 3. The van der Waals surface area contributed by atoms with Crippen LogP contribution >= 0.6 is 0 Å². The van der Waals surface area contributed by atoms with Gasteiger partial charge in [-0.2, -0.15) is 0 Å². The van der Waals surface area contributed by atoms with Gasteiger partial charge in [0.05, 0.1) is 5.69 Å². The molecule has 5 rings (SSSR count). The normalized spacial score (nSPS) is 25.3. The van der Waals surface area contributed by atoms with Crippen molar-refractivity contribution >= 4 is 23.7 Å². The molecule has 39 heavy (non-hydrogen) atoms. The molecule has 0 aliphatic carbocycles. The first kappa shape index (κ1) is 28.2. The van der Waals surface area contributed by atoms with Crippen molar-refractivity contribution in [2.45, 2.75) is 77.6 Å². The van der Waals surface area contributed by atoms with Crippen molar-refractivity contribution in [3.05, 3.63) is 53.7 Å². The fourth-order valence-corrected chi connectivity index (χ4v) is 4.77. The Morgan fingerprint density at radius 1 is 1.03 bits per heavy atom. The van der Waals surface area contributed by atoms with E-state index in [1.165, 1.54) is 5.01 Å². The summed E-state index contributed by atoms with van der Waals surface area (Å²) < 4.78 is 5.78. The average Bonchev–Trinajstić information content (AvgIpc) is 2.94. The molecule has 2 aromatic rings. The summed E-state index contributed by atoms with van der Waals surface area (Å²) >= 11 is 0. The molecule has 10 heteroatoms. The molecule has 6 bridgehead atoms. The number of ether oxygens (including phenoxy) is 1. The van der Waals surface area contributed by atoms with Crippen LogP contribution in [0.15, 0.2) is 42.6 Å². The van der Waals surface area contributed by atoms with Gasteiger partial charge in [-0.25, -0.2) is 5.43 Å². The van der Waals surface area contributed by atoms with Crippen LogP contribution in [-0.4, -0.2) is 58.4 Å². The van der Waals surface area contributed by atoms with E-state index in [2.05, 4.69) is 21.0 Å². The molecule has 208 valence electrons. The molecule has 3 aliphatic heterocycles. The third-order valence-electron chi connectivity index (χ3n) is 7.14. The third kappa shape index (κ3) is 7.00. The topological polar surface area (TPSA) is 130 Å². The van der Waals surface area contributed by atoms with Crippen LogP contribution < -0.4 is 16.1 Å². The van der Waals surface area contributed by atoms with Crippen molar-refractivity contribution in [1.82, 2.24) is 26.1 Å². The zero-order chi connectivity index (χ0) is 28.1. The van der Waals surface area contributed by atoms with E-state index in [1.807, 2.05) is 57.2 Å². The van der Waals surface area contributed by atoms with Gasteiger partial charge in [-0.15, -0.1) is 0 Å². The van der Waals surface area contributed by atoms with Crippen LogP contribution in [0.5, 0.6) is 0 Å². The quantitative estimate of drug-likeness (QED) is 0.478. The van der Waals surface area contributed by atoms with E-state index in [1.54, 1.807) is 13.1 Å². The van der Waals surface area contributed by atoms with Gasteiger partial charge in [0.25, 0.3) is 5.91 Å². The Morgan fingerprint density at radius 3 is 2.54 bits per heavy atom. The number of esters is 1. The van der Waals surface area contributed by atoms with Crippen molar-refractivity contribution in [2.75, 3.05) is 6.54 Å². The average molecular weight is 536 g/mol. The molecule has 0 radical (unpaired) electrons. The van der Waals surface area contributed by atoms with Gasteiger partial charge in [0, 0.05) is 24.7 Å². The van der Waals surface area contributed by atoms with Gasteiger partial charge < -0.3 is 15.4 Å². The monoisotopic (exact) mass is 535 g/mol. The Hall–Kier alpha value is -3.79. The highest BCUT2D eigenvalue weighted by molar-refractivity contribution is 5.92. The molecule has 1 aromatic heterocycles. The van der Waals surface area contributed by atoms with E-state index in [0.29, 0.717) is 25.8 Å². The van der Waals surface area contributed by atoms with Crippen LogP contribution in [-0.2, 0) is 30.3 Å². The van der Waals surface area contributed by atoms with Crippen LogP contribution in [0.4, 0.5) is 0 Å². The van der Waals surface area contributed by atoms with E-state index in [4.69, 9.17) is 4.74 Å². The van der Waals surface area contributed by atoms with Gasteiger partial charge in [-0.1, -0.05) is 38.1 Å². The van der Waals surface area contributed by atoms with Crippen molar-refractivity contribution in [3.8, 4) is 11.3 Å². The number of hydrogen-bond acceptors (Lipinski definition) is 7. The number of fused-ring (bicyclic) bond motifs is 12. The molecule has 3 aliphatic rings. The lowest BCUT2D eigenvalue weighted by Gasteiger charge is -2.35. The number of nitrogens with zero attached hydrogens (tertiary/aromatic N) is 2. The molecule has 1 saturated heterocycles. The third-order valence-corrected chi connectivity index (χ3v) is 7.14. The van der Waals surface area contributed by atoms with Gasteiger partial charge in [-0.3, -0.25) is 29.2 Å². The number of carbonyl (C=O) groups is 4. The highest BCUT2D eigenvalue weighted by Gasteiger charge is 2.33. The fraction of sp³-hybridized carbons (Fsp3) is 0.483. The number of aromatic nitrogens is 1. The SMILES string of the molecule is CC(C)[C@@H]1NC(=O)CCc2ccc(nc2)-c2cccc(c2)[C@@H](C)OC(=O)[C@@H]2CCCN(N2)C(=O)[C@@H](C)NC1=O. The minimum absolute atomic E-state index is 0.187. The second-order valence-electron chi connectivity index (χ2n) is 10.6. The number of benzene rings is 1. The molecule has 0 saturated carbocycles. The van der Waals surface area contributed by atoms with Crippen molar-refractivity contribution in [1.29, 1.82) is 0 Å². The van der Waals surface area contributed by atoms with Crippen LogP contribution in [0.25, 0.3) is 11.3 Å². The molecule has 1 aromatic carbocycles. The number of nitrogens with one attached hydrogen (secondary N) is 3. The number of amides is 3. The smallest absolute Gasteiger partial charge is 0.325 e. The van der Waals surface area contributed by atoms with E-state index in [9.17, 15) is 19.2 Å². The molecular weight excluding hydrogens is 498 g/mol. The molecular formula is C29H37N5O5. The summed E-state index contributed by atoms with van der Waals surface area (Å²) in [6.07, 6.45) is 3.03. The second kappa shape index (κ2) is 12.4. The number of hydrazine groups is 1. The van der Waals surface area contributed by atoms with Gasteiger partial charge in [0.1, 0.15) is 24.2 Å². The Labute approximate surface area is 228 Å². The molecule has 0 unspecified atom stereocenters. The number of carbonyl (C=O) groups excluding carboxylic acids is 4. The summed E-state index contributed by atoms with van der Waals surface area (Å²) in [5.74, 6) is -1.69. The lowest BCUT2D eigenvalue weighted by molar-refractivity contribution is -0.157. The number of pyridine rings is 1. The minimum atomic E-state index is -0.859. The van der Waals surface area contributed by atoms with Crippen LogP contribution in [0.2, 0.25) is 0 Å². The first-order chi connectivity index (χ1) is 18.6. The predicted molar refractivity (Wildman–Crippen MR) is 145 cm³/mol. The van der Waals surface area contributed by atoms with Crippen LogP contribution in [0.1, 0.15) is 64.2 Å². The van der Waals surface area contributed by atoms with E-state index in [0.717, 1.165) is 22.4 Å². The standard InChI is InChI=1S/C29H37N5O5/c1-17(2)26-27(36)31-18(3)28(37)34-14-6-9-24(33-34)29(38)39-19(4)21-7-5-8-22(15-21)23-12-10-20(16-30-23)11-13-25(35)32-26/h5,7-8,10,12,15-19,24,26,33H,6,9,11,13-14H2,1-4H3,(H,31,36)(H,32,35)/t18-,19-,24+,26+/m1/s1. The summed E-state index contributed by atoms with van der Waals surface area (Å²) in [7, 11) is 0. The predicted octanol–water partition coefficient (Wildman–Crippen LogP) is 2.44. The molecule has 3 N–H and O–H groups in total. The van der Waals surface area contributed by atoms with E-state index in [-0.39, 0.29) is 24.2 Å². The summed E-state index contributed by atoms with van der Waals surface area (Å²) in [5.41, 5.74) is 6.35. The van der Waals surface area contributed by atoms with Gasteiger partial charge in [0.15, 0.2) is 0 Å². The maximum absolute atomic E-state index is 13.1. The Morgan fingerprint density at radius 2 is 1.82 bits per heavy atom. The van der Waals surface area contributed by atoms with Crippen LogP contribution in [0.3, 0.4) is 0 Å². The molecule has 3 amide bonds. The van der Waals surface area contributed by atoms with Crippen molar-refractivity contribution < 1.29 is 23.9 Å². The van der Waals surface area contributed by atoms with Crippen molar-refractivity contribution in [3.63, 3.8) is 0 Å². The number of rotatable bonds is 1. The molecule has 4 atom stereocenters. The van der Waals surface area contributed by atoms with Gasteiger partial charge in [-0.05, 0) is 62.3 Å². The Bertz CT molecular complexity index is 1210. The summed E-state index contributed by atoms with van der Waals surface area (Å²) in [6.45, 7) is 7.47. The van der Waals surface area contributed by atoms with Crippen LogP contribution in [0, 0.1) is 5.92 Å². The Balaban J connectivity index is 1.61. The van der Waals surface area contributed by atoms with E-state index < -0.39 is 36.1 Å². The highest BCUT2D eigenvalue weighted by Crippen LogP contribution is 2.25. The van der Waals surface area contributed by atoms with E-state index >= 15 is 0 Å². The lowest BCUT2D eigenvalue weighted by atomic mass is 10.0. The largest absolute Gasteiger partial charge is 0.457 e. The maximum Gasteiger partial charge on any atom is 0.325 e. The fourth-order valence-electron chi connectivity index (χ4n) is 4.77. The first-order valence-electron chi connectivity index (χ1n) is 13.6. The summed E-state index contributed by atoms with van der Waals surface area (Å²) in [5, 5.41) is 6.91. The van der Waals surface area contributed by atoms with Gasteiger partial charge >= 0.3 is 5.97 Å². The highest BCUT2D eigenvalue weighted by atomic mass is 16.5. The summed E-state index contributed by atoms with van der Waals surface area (Å²) in [4.78, 5) is 56.5. The molecule has 1 fully saturated rings. The Kier molecular flexibility index (Phi) is 8.96. The zero-order valence-electron chi connectivity index (χ0n) is 22.9. The first-order valence-corrected chi connectivity index (χ1v) is 13.6. The molecule has 4 heterocycles.